The summed E-state index contributed by atoms with van der Waals surface area (Å²) >= 11 is 8.15. The predicted octanol–water partition coefficient (Wildman–Crippen LogP) is 0.00650. The lowest BCUT2D eigenvalue weighted by Gasteiger charge is -2.23. The number of H-pyrrole nitrogens is 1. The Morgan fingerprint density at radius 1 is 0.933 bits per heavy atom. The van der Waals surface area contributed by atoms with Gasteiger partial charge in [0.15, 0.2) is 59.6 Å². The Hall–Kier alpha value is -2.47. The second-order valence-corrected chi connectivity index (χ2v) is 15.9. The van der Waals surface area contributed by atoms with Gasteiger partial charge in [-0.05, 0) is 0 Å². The number of hydrogen-bond acceptors (Lipinski definition) is 19. The van der Waals surface area contributed by atoms with E-state index in [4.69, 9.17) is 39.0 Å². The highest BCUT2D eigenvalue weighted by Crippen LogP contribution is 2.67. The lowest BCUT2D eigenvalue weighted by Crippen LogP contribution is -2.34. The second kappa shape index (κ2) is 11.3. The second-order valence-electron chi connectivity index (χ2n) is 9.97. The number of alkyl halides is 2. The molecule has 45 heavy (non-hydrogen) atoms. The molecule has 0 saturated carbocycles. The zero-order chi connectivity index (χ0) is 31.8. The van der Waals surface area contributed by atoms with E-state index in [0.29, 0.717) is 0 Å². The van der Waals surface area contributed by atoms with Crippen LogP contribution in [0.25, 0.3) is 22.3 Å². The van der Waals surface area contributed by atoms with Crippen LogP contribution >= 0.6 is 38.8 Å². The van der Waals surface area contributed by atoms with Crippen molar-refractivity contribution < 1.29 is 46.1 Å². The third-order valence-electron chi connectivity index (χ3n) is 7.12. The summed E-state index contributed by atoms with van der Waals surface area (Å²) in [6, 6.07) is 0. The van der Waals surface area contributed by atoms with Crippen LogP contribution in [-0.4, -0.2) is 104 Å². The summed E-state index contributed by atoms with van der Waals surface area (Å²) in [4.78, 5) is 52.5. The van der Waals surface area contributed by atoms with Crippen LogP contribution in [0.15, 0.2) is 17.4 Å². The van der Waals surface area contributed by atoms with Gasteiger partial charge >= 0.3 is 14.3 Å². The van der Waals surface area contributed by atoms with Crippen molar-refractivity contribution in [2.45, 2.75) is 49.2 Å². The molecule has 3 saturated heterocycles. The highest BCUT2D eigenvalue weighted by atomic mass is 32.7. The number of thiol groups is 2. The van der Waals surface area contributed by atoms with E-state index in [9.17, 15) is 14.6 Å². The van der Waals surface area contributed by atoms with Gasteiger partial charge < -0.3 is 20.9 Å². The molecule has 0 aliphatic carbocycles. The first-order valence-corrected chi connectivity index (χ1v) is 18.3. The summed E-state index contributed by atoms with van der Waals surface area (Å²) in [5.74, 6) is -0.240. The molecule has 7 N–H and O–H groups in total. The number of nitrogen functional groups attached to an aromatic ring is 2. The highest BCUT2D eigenvalue weighted by Gasteiger charge is 2.60. The molecule has 3 aliphatic heterocycles. The van der Waals surface area contributed by atoms with Crippen LogP contribution in [0.4, 0.5) is 20.5 Å². The molecule has 2 bridgehead atoms. The Morgan fingerprint density at radius 2 is 1.62 bits per heavy atom. The fraction of sp³-hybridized carbons (Fsp3) is 0.526. The summed E-state index contributed by atoms with van der Waals surface area (Å²) < 4.78 is 67.8. The number of aromatic amines is 1. The molecule has 0 aromatic carbocycles. The molecule has 4 aromatic rings. The van der Waals surface area contributed by atoms with E-state index in [-0.39, 0.29) is 34.1 Å². The third-order valence-corrected chi connectivity index (χ3v) is 10.4. The Bertz CT molecular complexity index is 1820. The van der Waals surface area contributed by atoms with Crippen molar-refractivity contribution >= 4 is 72.9 Å². The molecule has 242 valence electrons. The molecular formula is C19H23F2N11O9P2S2+2. The minimum absolute atomic E-state index is 0.0479. The maximum atomic E-state index is 16.0. The Balaban J connectivity index is 1.20. The highest BCUT2D eigenvalue weighted by molar-refractivity contribution is 8.47. The van der Waals surface area contributed by atoms with Crippen LogP contribution < -0.4 is 17.0 Å². The summed E-state index contributed by atoms with van der Waals surface area (Å²) in [6.45, 7) is -1.33. The van der Waals surface area contributed by atoms with Gasteiger partial charge in [-0.1, -0.05) is 5.21 Å². The van der Waals surface area contributed by atoms with Crippen molar-refractivity contribution in [1.82, 2.24) is 44.5 Å². The van der Waals surface area contributed by atoms with Crippen molar-refractivity contribution in [2.75, 3.05) is 24.7 Å². The van der Waals surface area contributed by atoms with Crippen LogP contribution in [0.3, 0.4) is 0 Å². The number of hydrogen-bond donors (Lipinski definition) is 7. The summed E-state index contributed by atoms with van der Waals surface area (Å²) in [5.41, 5.74) is 10.7. The summed E-state index contributed by atoms with van der Waals surface area (Å²) in [7, 11) is -8.47. The van der Waals surface area contributed by atoms with E-state index in [1.807, 2.05) is 0 Å². The number of nitrogens with one attached hydrogen (secondary N) is 1. The fourth-order valence-electron chi connectivity index (χ4n) is 5.12. The molecule has 0 amide bonds. The molecule has 20 nitrogen and oxygen atoms in total. The molecule has 7 rings (SSSR count). The topological polar surface area (TPSA) is 268 Å². The van der Waals surface area contributed by atoms with E-state index in [1.54, 1.807) is 0 Å². The van der Waals surface area contributed by atoms with Crippen LogP contribution in [0.1, 0.15) is 12.5 Å². The van der Waals surface area contributed by atoms with E-state index in [0.717, 1.165) is 11.0 Å². The minimum atomic E-state index is -4.26. The van der Waals surface area contributed by atoms with Gasteiger partial charge in [0.2, 0.25) is 5.95 Å². The maximum absolute atomic E-state index is 16.0. The van der Waals surface area contributed by atoms with Crippen LogP contribution in [0, 0.1) is 0 Å². The van der Waals surface area contributed by atoms with Crippen LogP contribution in [0.2, 0.25) is 0 Å². The Morgan fingerprint density at radius 3 is 2.38 bits per heavy atom. The quantitative estimate of drug-likeness (QED) is 0.106. The van der Waals surface area contributed by atoms with E-state index >= 15 is 8.78 Å². The number of anilines is 2. The largest absolute Gasteiger partial charge is 0.476 e. The van der Waals surface area contributed by atoms with Gasteiger partial charge in [0.1, 0.15) is 37.3 Å². The number of imidazole rings is 1. The fourth-order valence-corrected chi connectivity index (χ4v) is 8.08. The first-order chi connectivity index (χ1) is 21.3. The zero-order valence-electron chi connectivity index (χ0n) is 22.2. The van der Waals surface area contributed by atoms with Crippen LogP contribution in [-0.2, 0) is 27.6 Å². The van der Waals surface area contributed by atoms with Gasteiger partial charge in [0, 0.05) is 0 Å². The van der Waals surface area contributed by atoms with Gasteiger partial charge in [-0.3, -0.25) is 14.3 Å². The lowest BCUT2D eigenvalue weighted by molar-refractivity contribution is -0.0645. The summed E-state index contributed by atoms with van der Waals surface area (Å²) in [6.07, 6.45) is -10.8. The molecule has 3 fully saturated rings. The number of ether oxygens (including phenoxy) is 2. The lowest BCUT2D eigenvalue weighted by atomic mass is 10.1. The number of halogens is 2. The number of nitrogens with two attached hydrogens (primary N) is 2. The predicted molar refractivity (Wildman–Crippen MR) is 156 cm³/mol. The van der Waals surface area contributed by atoms with Crippen molar-refractivity contribution in [3.05, 3.63) is 23.0 Å². The van der Waals surface area contributed by atoms with Gasteiger partial charge in [0.25, 0.3) is 5.56 Å². The molecule has 26 heteroatoms. The Labute approximate surface area is 260 Å². The van der Waals surface area contributed by atoms with Crippen LogP contribution in [0.5, 0.6) is 0 Å². The standard InChI is InChI=1S/C19H22F2N11O9P2S2/c20-7-5-1-36-42(34,44)40-11-6(39-17(8(11)21)31-4-26-9-13(22)24-3-25-14(9)31)2-37-43(35,45)41-12(7)18(38-5)32-15-10(29-30-32)16(33)28-19(23)27-15/h3-8,11-12,17-18,34-35,44-45H,1-2H2,(H4-,22,23,24,25,27,28,30,33)/q+1/p+1/t5-,6-,7-,8+,11-,12-,17-,18-,42?,43?/m1/s1. The zero-order valence-corrected chi connectivity index (χ0v) is 25.8. The van der Waals surface area contributed by atoms with Crippen molar-refractivity contribution in [3.8, 4) is 0 Å². The minimum Gasteiger partial charge on any atom is -0.382 e. The van der Waals surface area contributed by atoms with Gasteiger partial charge in [-0.2, -0.15) is 37.5 Å². The number of aromatic nitrogens is 9. The molecule has 3 aliphatic rings. The van der Waals surface area contributed by atoms with Gasteiger partial charge in [0.05, 0.1) is 30.8 Å². The first kappa shape index (κ1) is 31.1. The van der Waals surface area contributed by atoms with Crippen molar-refractivity contribution in [1.29, 1.82) is 0 Å². The molecule has 0 spiro atoms. The number of nitrogens with zero attached hydrogens (tertiary/aromatic N) is 8. The monoisotopic (exact) mass is 713 g/mol. The maximum Gasteiger partial charge on any atom is 0.476 e. The molecular weight excluding hydrogens is 690 g/mol. The molecule has 7 heterocycles. The first-order valence-electron chi connectivity index (χ1n) is 12.8. The molecule has 4 aromatic heterocycles. The molecule has 0 radical (unpaired) electrons. The average Bonchev–Trinajstić information content (AvgIpc) is 3.72. The van der Waals surface area contributed by atoms with Crippen molar-refractivity contribution in [2.24, 2.45) is 0 Å². The number of fused-ring (bicyclic) bond motifs is 5. The Kier molecular flexibility index (Phi) is 7.86. The van der Waals surface area contributed by atoms with E-state index in [1.165, 1.54) is 10.9 Å². The van der Waals surface area contributed by atoms with Gasteiger partial charge in [-0.15, -0.1) is 5.10 Å². The van der Waals surface area contributed by atoms with Gasteiger partial charge in [-0.25, -0.2) is 23.7 Å². The van der Waals surface area contributed by atoms with Crippen molar-refractivity contribution in [3.63, 3.8) is 0 Å². The number of rotatable bonds is 2. The smallest absolute Gasteiger partial charge is 0.382 e. The summed E-state index contributed by atoms with van der Waals surface area (Å²) in [5, 5.41) is 7.58. The molecule has 10 atom stereocenters. The van der Waals surface area contributed by atoms with E-state index in [2.05, 4.69) is 59.7 Å². The normalized spacial score (nSPS) is 37.7. The SMILES string of the molecule is Nc1nc2c(nnn2[C@@H]2O[C@@H]3CO[P+](O)(S)O[C@H]4[C@H](F)[C@H](n5cnc6c(N)ncnc65)O[C@@H]4CO[P+](O)(S)O[C@@H]2[C@@H]3F)c(=O)[nH]1. The van der Waals surface area contributed by atoms with E-state index < -0.39 is 82.3 Å². The molecule has 2 unspecified atom stereocenters. The third kappa shape index (κ3) is 5.61. The average molecular weight is 714 g/mol.